The van der Waals surface area contributed by atoms with Crippen molar-refractivity contribution in [2.24, 2.45) is 0 Å². The molecule has 0 bridgehead atoms. The Morgan fingerprint density at radius 2 is 0.527 bits per heavy atom. The van der Waals surface area contributed by atoms with E-state index in [9.17, 15) is 14.4 Å². The molecular weight excluding hydrogens is 913 g/mol. The van der Waals surface area contributed by atoms with Crippen LogP contribution >= 0.6 is 0 Å². The first-order valence-corrected chi connectivity index (χ1v) is 31.6. The molecule has 0 heterocycles. The number of carbonyl (C=O) groups is 3. The summed E-state index contributed by atoms with van der Waals surface area (Å²) in [4.78, 5) is 38.2. The van der Waals surface area contributed by atoms with Crippen LogP contribution in [0.25, 0.3) is 0 Å². The van der Waals surface area contributed by atoms with E-state index in [1.54, 1.807) is 0 Å². The van der Waals surface area contributed by atoms with Gasteiger partial charge in [0.25, 0.3) is 0 Å². The highest BCUT2D eigenvalue weighted by atomic mass is 16.6. The van der Waals surface area contributed by atoms with E-state index in [0.717, 1.165) is 103 Å². The molecule has 0 aliphatic carbocycles. The number of hydrogen-bond acceptors (Lipinski definition) is 6. The zero-order valence-electron chi connectivity index (χ0n) is 48.8. The molecule has 74 heavy (non-hydrogen) atoms. The third kappa shape index (κ3) is 59.5. The molecule has 6 heteroatoms. The summed E-state index contributed by atoms with van der Waals surface area (Å²) in [5.74, 6) is -0.878. The number of allylic oxidation sites excluding steroid dienone is 14. The third-order valence-corrected chi connectivity index (χ3v) is 13.6. The number of esters is 3. The van der Waals surface area contributed by atoms with E-state index in [0.29, 0.717) is 19.3 Å². The van der Waals surface area contributed by atoms with E-state index in [-0.39, 0.29) is 31.1 Å². The van der Waals surface area contributed by atoms with Gasteiger partial charge in [-0.25, -0.2) is 0 Å². The largest absolute Gasteiger partial charge is 0.462 e. The van der Waals surface area contributed by atoms with Crippen LogP contribution in [0.4, 0.5) is 0 Å². The van der Waals surface area contributed by atoms with Crippen LogP contribution < -0.4 is 0 Å². The quantitative estimate of drug-likeness (QED) is 0.0261. The van der Waals surface area contributed by atoms with Crippen molar-refractivity contribution in [3.63, 3.8) is 0 Å². The lowest BCUT2D eigenvalue weighted by atomic mass is 10.0. The average molecular weight is 1030 g/mol. The Kier molecular flexibility index (Phi) is 59.3. The molecule has 0 amide bonds. The van der Waals surface area contributed by atoms with Gasteiger partial charge in [-0.1, -0.05) is 279 Å². The zero-order valence-corrected chi connectivity index (χ0v) is 48.8. The molecule has 0 aromatic heterocycles. The predicted molar refractivity (Wildman–Crippen MR) is 321 cm³/mol. The Balaban J connectivity index is 4.26. The fourth-order valence-electron chi connectivity index (χ4n) is 8.91. The van der Waals surface area contributed by atoms with E-state index in [1.807, 2.05) is 0 Å². The summed E-state index contributed by atoms with van der Waals surface area (Å²) in [6, 6.07) is 0. The minimum Gasteiger partial charge on any atom is -0.462 e. The SMILES string of the molecule is CC/C=C\C/C=C\C/C=C\C/C=C\C/C=C\CCCCCCCCCCCCCC(=O)OCC(COC(=O)CCCCCCCCCCCCC)OC(=O)CCCCCCCCC/C=C\C/C=C\CCCCCC. The predicted octanol–water partition coefficient (Wildman–Crippen LogP) is 21.5. The standard InChI is InChI=1S/C68H118O6/c1-4-7-10-13-16-19-22-24-26-28-30-31-32-33-34-35-36-37-38-40-41-43-46-49-52-55-58-61-67(70)73-64-65(63-72-66(69)60-57-54-51-48-45-21-18-15-12-9-6-3)74-68(71)62-59-56-53-50-47-44-42-39-29-27-25-23-20-17-14-11-8-5-2/h7,10,16,19-20,23-24,26-27,29-31,33-34,65H,4-6,8-9,11-15,17-18,21-22,25,28,32,35-64H2,1-3H3/b10-7-,19-16-,23-20-,26-24-,29-27-,31-30-,34-33-. The van der Waals surface area contributed by atoms with Crippen molar-refractivity contribution in [3.05, 3.63) is 85.1 Å². The molecule has 0 aromatic rings. The van der Waals surface area contributed by atoms with Crippen LogP contribution in [0, 0.1) is 0 Å². The summed E-state index contributed by atoms with van der Waals surface area (Å²) in [6.45, 7) is 6.52. The second-order valence-corrected chi connectivity index (χ2v) is 20.9. The molecule has 0 fully saturated rings. The molecule has 0 aliphatic heterocycles. The lowest BCUT2D eigenvalue weighted by Gasteiger charge is -2.18. The highest BCUT2D eigenvalue weighted by Gasteiger charge is 2.19. The number of unbranched alkanes of at least 4 members (excludes halogenated alkanes) is 32. The maximum Gasteiger partial charge on any atom is 0.306 e. The van der Waals surface area contributed by atoms with Crippen molar-refractivity contribution in [1.29, 1.82) is 0 Å². The molecule has 0 radical (unpaired) electrons. The van der Waals surface area contributed by atoms with Gasteiger partial charge in [0.2, 0.25) is 0 Å². The van der Waals surface area contributed by atoms with E-state index in [1.165, 1.54) is 167 Å². The van der Waals surface area contributed by atoms with Gasteiger partial charge in [-0.3, -0.25) is 14.4 Å². The second-order valence-electron chi connectivity index (χ2n) is 20.9. The van der Waals surface area contributed by atoms with E-state index in [4.69, 9.17) is 14.2 Å². The summed E-state index contributed by atoms with van der Waals surface area (Å²) in [5, 5.41) is 0. The lowest BCUT2D eigenvalue weighted by Crippen LogP contribution is -2.30. The van der Waals surface area contributed by atoms with Gasteiger partial charge in [0.15, 0.2) is 6.10 Å². The Labute approximate surface area is 458 Å². The zero-order chi connectivity index (χ0) is 53.6. The normalized spacial score (nSPS) is 12.6. The van der Waals surface area contributed by atoms with Crippen molar-refractivity contribution in [3.8, 4) is 0 Å². The second kappa shape index (κ2) is 62.1. The van der Waals surface area contributed by atoms with Crippen molar-refractivity contribution in [2.75, 3.05) is 13.2 Å². The summed E-state index contributed by atoms with van der Waals surface area (Å²) in [7, 11) is 0. The van der Waals surface area contributed by atoms with Crippen LogP contribution in [0.15, 0.2) is 85.1 Å². The molecule has 0 aliphatic rings. The van der Waals surface area contributed by atoms with Gasteiger partial charge in [-0.15, -0.1) is 0 Å². The summed E-state index contributed by atoms with van der Waals surface area (Å²) < 4.78 is 16.9. The molecule has 0 aromatic carbocycles. The number of hydrogen-bond donors (Lipinski definition) is 0. The van der Waals surface area contributed by atoms with Crippen LogP contribution in [0.2, 0.25) is 0 Å². The molecule has 6 nitrogen and oxygen atoms in total. The van der Waals surface area contributed by atoms with Crippen LogP contribution in [0.3, 0.4) is 0 Å². The molecule has 426 valence electrons. The molecule has 0 rings (SSSR count). The molecule has 0 saturated heterocycles. The van der Waals surface area contributed by atoms with Gasteiger partial charge >= 0.3 is 17.9 Å². The average Bonchev–Trinajstić information content (AvgIpc) is 3.40. The third-order valence-electron chi connectivity index (χ3n) is 13.6. The molecule has 0 N–H and O–H groups in total. The molecule has 0 spiro atoms. The molecule has 1 atom stereocenters. The first-order chi connectivity index (χ1) is 36.5. The molecule has 0 saturated carbocycles. The van der Waals surface area contributed by atoms with Gasteiger partial charge in [0.1, 0.15) is 13.2 Å². The monoisotopic (exact) mass is 1030 g/mol. The number of carbonyl (C=O) groups excluding carboxylic acids is 3. The molecule has 1 unspecified atom stereocenters. The van der Waals surface area contributed by atoms with Crippen LogP contribution in [0.1, 0.15) is 310 Å². The minimum absolute atomic E-state index is 0.0774. The van der Waals surface area contributed by atoms with Gasteiger partial charge in [0.05, 0.1) is 0 Å². The first kappa shape index (κ1) is 70.6. The highest BCUT2D eigenvalue weighted by Crippen LogP contribution is 2.16. The topological polar surface area (TPSA) is 78.9 Å². The van der Waals surface area contributed by atoms with Crippen molar-refractivity contribution in [2.45, 2.75) is 316 Å². The fourth-order valence-corrected chi connectivity index (χ4v) is 8.91. The Morgan fingerprint density at radius 1 is 0.284 bits per heavy atom. The Bertz CT molecular complexity index is 1420. The maximum atomic E-state index is 12.9. The molecular formula is C68H118O6. The summed E-state index contributed by atoms with van der Waals surface area (Å²) in [5.41, 5.74) is 0. The van der Waals surface area contributed by atoms with Crippen LogP contribution in [0.5, 0.6) is 0 Å². The highest BCUT2D eigenvalue weighted by molar-refractivity contribution is 5.71. The van der Waals surface area contributed by atoms with E-state index < -0.39 is 6.10 Å². The van der Waals surface area contributed by atoms with E-state index >= 15 is 0 Å². The van der Waals surface area contributed by atoms with Gasteiger partial charge in [0, 0.05) is 19.3 Å². The van der Waals surface area contributed by atoms with Gasteiger partial charge in [-0.2, -0.15) is 0 Å². The lowest BCUT2D eigenvalue weighted by molar-refractivity contribution is -0.167. The fraction of sp³-hybridized carbons (Fsp3) is 0.750. The Morgan fingerprint density at radius 3 is 0.838 bits per heavy atom. The van der Waals surface area contributed by atoms with Gasteiger partial charge in [-0.05, 0) is 96.3 Å². The van der Waals surface area contributed by atoms with Crippen LogP contribution in [-0.4, -0.2) is 37.2 Å². The van der Waals surface area contributed by atoms with Gasteiger partial charge < -0.3 is 14.2 Å². The summed E-state index contributed by atoms with van der Waals surface area (Å²) >= 11 is 0. The maximum absolute atomic E-state index is 12.9. The van der Waals surface area contributed by atoms with E-state index in [2.05, 4.69) is 106 Å². The minimum atomic E-state index is -0.780. The van der Waals surface area contributed by atoms with Crippen molar-refractivity contribution in [1.82, 2.24) is 0 Å². The van der Waals surface area contributed by atoms with Crippen molar-refractivity contribution >= 4 is 17.9 Å². The first-order valence-electron chi connectivity index (χ1n) is 31.6. The summed E-state index contributed by atoms with van der Waals surface area (Å²) in [6.07, 6.45) is 81.6. The Hall–Kier alpha value is -3.41. The smallest absolute Gasteiger partial charge is 0.306 e. The van der Waals surface area contributed by atoms with Crippen LogP contribution in [-0.2, 0) is 28.6 Å². The van der Waals surface area contributed by atoms with Crippen molar-refractivity contribution < 1.29 is 28.6 Å². The number of ether oxygens (including phenoxy) is 3. The number of rotatable bonds is 57.